The van der Waals surface area contributed by atoms with Gasteiger partial charge in [0.1, 0.15) is 6.07 Å². The molecule has 0 bridgehead atoms. The molecule has 7 heteroatoms. The Kier molecular flexibility index (Phi) is 4.61. The Hall–Kier alpha value is -1.91. The van der Waals surface area contributed by atoms with Gasteiger partial charge in [0.25, 0.3) is 0 Å². The number of rotatable bonds is 2. The van der Waals surface area contributed by atoms with E-state index in [0.29, 0.717) is 26.1 Å². The second kappa shape index (κ2) is 6.54. The van der Waals surface area contributed by atoms with Gasteiger partial charge in [-0.3, -0.25) is 4.79 Å². The predicted molar refractivity (Wildman–Crippen MR) is 88.4 cm³/mol. The van der Waals surface area contributed by atoms with Crippen molar-refractivity contribution in [1.29, 1.82) is 5.26 Å². The van der Waals surface area contributed by atoms with Crippen molar-refractivity contribution in [3.63, 3.8) is 0 Å². The Morgan fingerprint density at radius 1 is 1.12 bits per heavy atom. The summed E-state index contributed by atoms with van der Waals surface area (Å²) in [5.41, 5.74) is 0.238. The zero-order chi connectivity index (χ0) is 17.2. The monoisotopic (exact) mass is 347 g/mol. The fourth-order valence-electron chi connectivity index (χ4n) is 3.68. The molecule has 24 heavy (non-hydrogen) atoms. The van der Waals surface area contributed by atoms with Crippen LogP contribution in [0.4, 0.5) is 0 Å². The number of nitrogens with zero attached hydrogens (tertiary/aromatic N) is 2. The highest BCUT2D eigenvalue weighted by molar-refractivity contribution is 7.89. The molecule has 3 rings (SSSR count). The fraction of sp³-hybridized carbons (Fsp3) is 0.529. The number of nitriles is 1. The first-order valence-corrected chi connectivity index (χ1v) is 9.67. The topological polar surface area (TPSA) is 90.3 Å². The van der Waals surface area contributed by atoms with Gasteiger partial charge in [-0.1, -0.05) is 12.1 Å². The number of benzene rings is 1. The van der Waals surface area contributed by atoms with E-state index in [0.717, 1.165) is 25.7 Å². The maximum atomic E-state index is 12.9. The lowest BCUT2D eigenvalue weighted by Crippen LogP contribution is -2.43. The Bertz CT molecular complexity index is 775. The summed E-state index contributed by atoms with van der Waals surface area (Å²) >= 11 is 0. The highest BCUT2D eigenvalue weighted by Gasteiger charge is 2.39. The minimum Gasteiger partial charge on any atom is -0.356 e. The summed E-state index contributed by atoms with van der Waals surface area (Å²) in [6, 6.07) is 8.29. The van der Waals surface area contributed by atoms with Crippen LogP contribution < -0.4 is 5.32 Å². The molecule has 0 radical (unpaired) electrons. The quantitative estimate of drug-likeness (QED) is 0.880. The summed E-state index contributed by atoms with van der Waals surface area (Å²) in [6.07, 6.45) is 3.76. The van der Waals surface area contributed by atoms with Crippen LogP contribution in [0.15, 0.2) is 29.2 Å². The zero-order valence-corrected chi connectivity index (χ0v) is 14.3. The van der Waals surface area contributed by atoms with Gasteiger partial charge in [-0.2, -0.15) is 9.57 Å². The van der Waals surface area contributed by atoms with Gasteiger partial charge in [-0.05, 0) is 43.2 Å². The molecule has 2 heterocycles. The normalized spacial score (nSPS) is 21.7. The third-order valence-corrected chi connectivity index (χ3v) is 7.23. The summed E-state index contributed by atoms with van der Waals surface area (Å²) in [7, 11) is -3.65. The minimum absolute atomic E-state index is 0.0555. The van der Waals surface area contributed by atoms with Crippen LogP contribution in [0.2, 0.25) is 0 Å². The summed E-state index contributed by atoms with van der Waals surface area (Å²) in [6.45, 7) is 1.55. The van der Waals surface area contributed by atoms with E-state index < -0.39 is 10.0 Å². The summed E-state index contributed by atoms with van der Waals surface area (Å²) in [5, 5.41) is 12.1. The van der Waals surface area contributed by atoms with Gasteiger partial charge in [0.2, 0.25) is 15.9 Å². The Morgan fingerprint density at radius 2 is 1.83 bits per heavy atom. The van der Waals surface area contributed by atoms with Crippen LogP contribution in [0.25, 0.3) is 0 Å². The maximum absolute atomic E-state index is 12.9. The van der Waals surface area contributed by atoms with E-state index in [1.54, 1.807) is 12.1 Å². The number of sulfonamides is 1. The molecule has 0 aliphatic carbocycles. The van der Waals surface area contributed by atoms with Gasteiger partial charge in [0, 0.05) is 26.1 Å². The van der Waals surface area contributed by atoms with E-state index in [4.69, 9.17) is 5.26 Å². The molecule has 0 unspecified atom stereocenters. The van der Waals surface area contributed by atoms with Crippen LogP contribution >= 0.6 is 0 Å². The van der Waals surface area contributed by atoms with Crippen LogP contribution in [0.5, 0.6) is 0 Å². The van der Waals surface area contributed by atoms with Crippen molar-refractivity contribution >= 4 is 15.9 Å². The number of hydrogen-bond donors (Lipinski definition) is 1. The Balaban J connectivity index is 1.76. The predicted octanol–water partition coefficient (Wildman–Crippen LogP) is 1.63. The van der Waals surface area contributed by atoms with Crippen molar-refractivity contribution in [1.82, 2.24) is 9.62 Å². The lowest BCUT2D eigenvalue weighted by atomic mass is 9.73. The van der Waals surface area contributed by atoms with E-state index in [-0.39, 0.29) is 21.8 Å². The van der Waals surface area contributed by atoms with E-state index in [9.17, 15) is 13.2 Å². The molecule has 1 N–H and O–H groups in total. The second-order valence-corrected chi connectivity index (χ2v) is 8.52. The molecule has 2 fully saturated rings. The molecule has 6 nitrogen and oxygen atoms in total. The lowest BCUT2D eigenvalue weighted by molar-refractivity contribution is -0.120. The average molecular weight is 347 g/mol. The molecule has 0 atom stereocenters. The first kappa shape index (κ1) is 16.9. The van der Waals surface area contributed by atoms with E-state index >= 15 is 0 Å². The van der Waals surface area contributed by atoms with Crippen molar-refractivity contribution in [2.24, 2.45) is 5.41 Å². The number of nitrogens with one attached hydrogen (secondary N) is 1. The van der Waals surface area contributed by atoms with Gasteiger partial charge in [-0.15, -0.1) is 0 Å². The number of carbonyl (C=O) groups excluding carboxylic acids is 1. The summed E-state index contributed by atoms with van der Waals surface area (Å²) in [5.74, 6) is 0.0878. The molecule has 1 aromatic carbocycles. The molecule has 2 aliphatic rings. The number of amides is 1. The highest BCUT2D eigenvalue weighted by atomic mass is 32.2. The molecule has 128 valence electrons. The van der Waals surface area contributed by atoms with Crippen molar-refractivity contribution in [2.75, 3.05) is 19.6 Å². The average Bonchev–Trinajstić information content (AvgIpc) is 2.77. The molecule has 1 amide bonds. The molecule has 0 aromatic heterocycles. The van der Waals surface area contributed by atoms with Crippen LogP contribution in [-0.2, 0) is 14.8 Å². The number of piperidine rings is 1. The van der Waals surface area contributed by atoms with Crippen LogP contribution in [0, 0.1) is 16.7 Å². The highest BCUT2D eigenvalue weighted by Crippen LogP contribution is 2.41. The van der Waals surface area contributed by atoms with E-state index in [2.05, 4.69) is 5.32 Å². The lowest BCUT2D eigenvalue weighted by Gasteiger charge is -2.40. The van der Waals surface area contributed by atoms with Crippen molar-refractivity contribution in [3.05, 3.63) is 29.8 Å². The third-order valence-electron chi connectivity index (χ3n) is 5.27. The molecule has 2 aliphatic heterocycles. The molecule has 1 aromatic rings. The fourth-order valence-corrected chi connectivity index (χ4v) is 5.27. The van der Waals surface area contributed by atoms with Crippen molar-refractivity contribution in [3.8, 4) is 6.07 Å². The van der Waals surface area contributed by atoms with Crippen LogP contribution in [0.3, 0.4) is 0 Å². The third kappa shape index (κ3) is 3.17. The van der Waals surface area contributed by atoms with Gasteiger partial charge in [0.05, 0.1) is 10.5 Å². The van der Waals surface area contributed by atoms with Crippen LogP contribution in [-0.4, -0.2) is 38.3 Å². The molecule has 1 spiro atoms. The first-order valence-electron chi connectivity index (χ1n) is 8.23. The van der Waals surface area contributed by atoms with Crippen molar-refractivity contribution in [2.45, 2.75) is 37.0 Å². The molecule has 0 saturated carbocycles. The van der Waals surface area contributed by atoms with E-state index in [1.165, 1.54) is 16.4 Å². The molecular weight excluding hydrogens is 326 g/mol. The molecule has 2 saturated heterocycles. The van der Waals surface area contributed by atoms with Crippen molar-refractivity contribution < 1.29 is 13.2 Å². The van der Waals surface area contributed by atoms with Gasteiger partial charge in [0.15, 0.2) is 0 Å². The largest absolute Gasteiger partial charge is 0.356 e. The smallest absolute Gasteiger partial charge is 0.244 e. The second-order valence-electron chi connectivity index (χ2n) is 6.61. The van der Waals surface area contributed by atoms with E-state index in [1.807, 2.05) is 6.07 Å². The van der Waals surface area contributed by atoms with Gasteiger partial charge < -0.3 is 5.32 Å². The maximum Gasteiger partial charge on any atom is 0.244 e. The van der Waals surface area contributed by atoms with Gasteiger partial charge in [-0.25, -0.2) is 8.42 Å². The minimum atomic E-state index is -3.65. The Labute approximate surface area is 142 Å². The van der Waals surface area contributed by atoms with Crippen LogP contribution in [0.1, 0.15) is 37.7 Å². The summed E-state index contributed by atoms with van der Waals surface area (Å²) < 4.78 is 27.2. The first-order chi connectivity index (χ1) is 11.5. The number of hydrogen-bond acceptors (Lipinski definition) is 4. The molecular formula is C17H21N3O3S. The van der Waals surface area contributed by atoms with Gasteiger partial charge >= 0.3 is 0 Å². The SMILES string of the molecule is N#Cc1ccccc1S(=O)(=O)N1CCC2(CCNC(=O)CC2)CC1. The summed E-state index contributed by atoms with van der Waals surface area (Å²) in [4.78, 5) is 11.6. The zero-order valence-electron chi connectivity index (χ0n) is 13.5. The number of carbonyl (C=O) groups is 1. The Morgan fingerprint density at radius 3 is 2.54 bits per heavy atom. The standard InChI is InChI=1S/C17H21N3O3S/c18-13-14-3-1-2-4-15(14)24(22,23)20-11-8-17(9-12-20)6-5-16(21)19-10-7-17/h1-4H,5-12H2,(H,19,21).